The third-order valence-corrected chi connectivity index (χ3v) is 4.63. The number of benzene rings is 1. The van der Waals surface area contributed by atoms with Crippen LogP contribution in [0.5, 0.6) is 0 Å². The summed E-state index contributed by atoms with van der Waals surface area (Å²) in [5.41, 5.74) is 0.0951. The summed E-state index contributed by atoms with van der Waals surface area (Å²) >= 11 is 0. The summed E-state index contributed by atoms with van der Waals surface area (Å²) < 4.78 is 1.69. The Kier molecular flexibility index (Phi) is 4.41. The molecule has 6 nitrogen and oxygen atoms in total. The minimum Gasteiger partial charge on any atom is -0.389 e. The van der Waals surface area contributed by atoms with Gasteiger partial charge in [-0.3, -0.25) is 4.79 Å². The van der Waals surface area contributed by atoms with Crippen molar-refractivity contribution in [2.75, 3.05) is 0 Å². The second-order valence-electron chi connectivity index (χ2n) is 7.17. The first-order chi connectivity index (χ1) is 11.4. The van der Waals surface area contributed by atoms with Gasteiger partial charge in [0, 0.05) is 0 Å². The first kappa shape index (κ1) is 16.6. The molecule has 0 atom stereocenters. The molecule has 1 aromatic carbocycles. The molecule has 1 fully saturated rings. The van der Waals surface area contributed by atoms with E-state index in [4.69, 9.17) is 0 Å². The van der Waals surface area contributed by atoms with Crippen molar-refractivity contribution in [2.45, 2.75) is 57.1 Å². The van der Waals surface area contributed by atoms with Gasteiger partial charge >= 0.3 is 0 Å². The van der Waals surface area contributed by atoms with Gasteiger partial charge in [0.2, 0.25) is 5.91 Å². The van der Waals surface area contributed by atoms with E-state index in [-0.39, 0.29) is 12.3 Å². The number of carbonyl (C=O) groups excluding carboxylic acids is 1. The summed E-state index contributed by atoms with van der Waals surface area (Å²) in [4.78, 5) is 12.3. The predicted molar refractivity (Wildman–Crippen MR) is 90.6 cm³/mol. The molecule has 1 saturated carbocycles. The van der Waals surface area contributed by atoms with E-state index >= 15 is 0 Å². The Balaban J connectivity index is 1.69. The fraction of sp³-hybridized carbons (Fsp3) is 0.500. The summed E-state index contributed by atoms with van der Waals surface area (Å²) in [5, 5.41) is 21.7. The maximum atomic E-state index is 12.3. The SMILES string of the molecule is CC(C)(NC(=O)CC1(O)CCCC1)c1cn(-c2ccccc2)nn1. The summed E-state index contributed by atoms with van der Waals surface area (Å²) in [5.74, 6) is -0.154. The van der Waals surface area contributed by atoms with Gasteiger partial charge < -0.3 is 10.4 Å². The van der Waals surface area contributed by atoms with E-state index in [0.717, 1.165) is 18.5 Å². The quantitative estimate of drug-likeness (QED) is 0.883. The van der Waals surface area contributed by atoms with Crippen LogP contribution in [0.2, 0.25) is 0 Å². The van der Waals surface area contributed by atoms with E-state index in [0.29, 0.717) is 18.5 Å². The van der Waals surface area contributed by atoms with Crippen LogP contribution in [0, 0.1) is 0 Å². The molecule has 0 aliphatic heterocycles. The molecule has 1 aliphatic rings. The first-order valence-electron chi connectivity index (χ1n) is 8.40. The number of rotatable bonds is 5. The molecule has 0 bridgehead atoms. The third kappa shape index (κ3) is 3.64. The van der Waals surface area contributed by atoms with Crippen molar-refractivity contribution >= 4 is 5.91 Å². The van der Waals surface area contributed by atoms with Gasteiger partial charge in [0.25, 0.3) is 0 Å². The highest BCUT2D eigenvalue weighted by Gasteiger charge is 2.35. The molecule has 3 rings (SSSR count). The zero-order valence-corrected chi connectivity index (χ0v) is 14.2. The zero-order chi connectivity index (χ0) is 17.2. The maximum Gasteiger partial charge on any atom is 0.223 e. The van der Waals surface area contributed by atoms with Gasteiger partial charge in [0.15, 0.2) is 0 Å². The van der Waals surface area contributed by atoms with Crippen LogP contribution in [0.25, 0.3) is 5.69 Å². The molecule has 128 valence electrons. The fourth-order valence-corrected chi connectivity index (χ4v) is 3.22. The topological polar surface area (TPSA) is 80.0 Å². The van der Waals surface area contributed by atoms with Crippen LogP contribution in [0.4, 0.5) is 0 Å². The average Bonchev–Trinajstić information content (AvgIpc) is 3.17. The Morgan fingerprint density at radius 1 is 1.29 bits per heavy atom. The number of aliphatic hydroxyl groups is 1. The summed E-state index contributed by atoms with van der Waals surface area (Å²) in [6, 6.07) is 9.70. The number of aromatic nitrogens is 3. The van der Waals surface area contributed by atoms with E-state index in [1.165, 1.54) is 0 Å². The molecule has 24 heavy (non-hydrogen) atoms. The molecular weight excluding hydrogens is 304 g/mol. The highest BCUT2D eigenvalue weighted by molar-refractivity contribution is 5.78. The van der Waals surface area contributed by atoms with E-state index in [1.54, 1.807) is 4.68 Å². The summed E-state index contributed by atoms with van der Waals surface area (Å²) in [6.45, 7) is 3.78. The van der Waals surface area contributed by atoms with Crippen molar-refractivity contribution < 1.29 is 9.90 Å². The standard InChI is InChI=1S/C18H24N4O2/c1-17(2,19-16(23)12-18(24)10-6-7-11-18)15-13-22(21-20-15)14-8-4-3-5-9-14/h3-5,8-9,13,24H,6-7,10-12H2,1-2H3,(H,19,23). The fourth-order valence-electron chi connectivity index (χ4n) is 3.22. The van der Waals surface area contributed by atoms with Crippen LogP contribution >= 0.6 is 0 Å². The van der Waals surface area contributed by atoms with Gasteiger partial charge in [-0.2, -0.15) is 0 Å². The molecule has 1 amide bonds. The van der Waals surface area contributed by atoms with Crippen LogP contribution < -0.4 is 5.32 Å². The molecule has 1 aromatic heterocycles. The smallest absolute Gasteiger partial charge is 0.223 e. The molecule has 2 N–H and O–H groups in total. The van der Waals surface area contributed by atoms with Gasteiger partial charge in [-0.25, -0.2) is 4.68 Å². The number of nitrogens with one attached hydrogen (secondary N) is 1. The normalized spacial score (nSPS) is 17.0. The summed E-state index contributed by atoms with van der Waals surface area (Å²) in [6.07, 6.45) is 5.33. The molecule has 1 heterocycles. The second-order valence-corrected chi connectivity index (χ2v) is 7.17. The lowest BCUT2D eigenvalue weighted by molar-refractivity contribution is -0.127. The highest BCUT2D eigenvalue weighted by Crippen LogP contribution is 2.32. The Morgan fingerprint density at radius 3 is 2.62 bits per heavy atom. The second kappa shape index (κ2) is 6.36. The molecule has 0 saturated heterocycles. The van der Waals surface area contributed by atoms with Crippen LogP contribution in [0.3, 0.4) is 0 Å². The molecule has 6 heteroatoms. The Morgan fingerprint density at radius 2 is 1.96 bits per heavy atom. The van der Waals surface area contributed by atoms with E-state index in [1.807, 2.05) is 50.4 Å². The van der Waals surface area contributed by atoms with Crippen molar-refractivity contribution in [1.29, 1.82) is 0 Å². The largest absolute Gasteiger partial charge is 0.389 e. The van der Waals surface area contributed by atoms with Crippen LogP contribution in [-0.2, 0) is 10.3 Å². The maximum absolute atomic E-state index is 12.3. The number of carbonyl (C=O) groups is 1. The van der Waals surface area contributed by atoms with Crippen molar-refractivity contribution in [3.8, 4) is 5.69 Å². The third-order valence-electron chi connectivity index (χ3n) is 4.63. The predicted octanol–water partition coefficient (Wildman–Crippen LogP) is 2.31. The molecule has 0 unspecified atom stereocenters. The number of amides is 1. The van der Waals surface area contributed by atoms with Gasteiger partial charge in [-0.05, 0) is 38.8 Å². The lowest BCUT2D eigenvalue weighted by atomic mass is 9.95. The Bertz CT molecular complexity index is 703. The van der Waals surface area contributed by atoms with E-state index in [9.17, 15) is 9.90 Å². The molecule has 2 aromatic rings. The van der Waals surface area contributed by atoms with Gasteiger partial charge in [-0.15, -0.1) is 5.10 Å². The monoisotopic (exact) mass is 328 g/mol. The lowest BCUT2D eigenvalue weighted by Crippen LogP contribution is -2.44. The zero-order valence-electron chi connectivity index (χ0n) is 14.2. The number of hydrogen-bond donors (Lipinski definition) is 2. The number of para-hydroxylation sites is 1. The van der Waals surface area contributed by atoms with Crippen molar-refractivity contribution in [2.24, 2.45) is 0 Å². The number of hydrogen-bond acceptors (Lipinski definition) is 4. The van der Waals surface area contributed by atoms with E-state index < -0.39 is 11.1 Å². The summed E-state index contributed by atoms with van der Waals surface area (Å²) in [7, 11) is 0. The molecular formula is C18H24N4O2. The van der Waals surface area contributed by atoms with Crippen LogP contribution in [-0.4, -0.2) is 31.6 Å². The van der Waals surface area contributed by atoms with E-state index in [2.05, 4.69) is 15.6 Å². The highest BCUT2D eigenvalue weighted by atomic mass is 16.3. The van der Waals surface area contributed by atoms with Gasteiger partial charge in [0.05, 0.1) is 29.4 Å². The first-order valence-corrected chi connectivity index (χ1v) is 8.40. The van der Waals surface area contributed by atoms with Crippen LogP contribution in [0.15, 0.2) is 36.5 Å². The average molecular weight is 328 g/mol. The minimum atomic E-state index is -0.845. The Hall–Kier alpha value is -2.21. The molecule has 0 spiro atoms. The van der Waals surface area contributed by atoms with Gasteiger partial charge in [-0.1, -0.05) is 36.3 Å². The van der Waals surface area contributed by atoms with Crippen LogP contribution in [0.1, 0.15) is 51.6 Å². The Labute approximate surface area is 141 Å². The minimum absolute atomic E-state index is 0.142. The molecule has 0 radical (unpaired) electrons. The van der Waals surface area contributed by atoms with Gasteiger partial charge in [0.1, 0.15) is 5.69 Å². The molecule has 1 aliphatic carbocycles. The van der Waals surface area contributed by atoms with Crippen molar-refractivity contribution in [1.82, 2.24) is 20.3 Å². The lowest BCUT2D eigenvalue weighted by Gasteiger charge is -2.27. The van der Waals surface area contributed by atoms with Crippen molar-refractivity contribution in [3.63, 3.8) is 0 Å². The van der Waals surface area contributed by atoms with Crippen molar-refractivity contribution in [3.05, 3.63) is 42.2 Å². The number of nitrogens with zero attached hydrogens (tertiary/aromatic N) is 3.